The summed E-state index contributed by atoms with van der Waals surface area (Å²) in [5.74, 6) is 0.0101. The van der Waals surface area contributed by atoms with Crippen molar-refractivity contribution in [1.82, 2.24) is 10.3 Å². The highest BCUT2D eigenvalue weighted by Crippen LogP contribution is 2.14. The molecule has 1 atom stereocenters. The minimum Gasteiger partial charge on any atom is -0.476 e. The van der Waals surface area contributed by atoms with Crippen molar-refractivity contribution in [2.75, 3.05) is 13.1 Å². The van der Waals surface area contributed by atoms with Gasteiger partial charge in [-0.25, -0.2) is 9.78 Å². The molecule has 2 heterocycles. The third-order valence-electron chi connectivity index (χ3n) is 2.40. The molecule has 2 rings (SSSR count). The second-order valence-electron chi connectivity index (χ2n) is 3.49. The fraction of sp³-hybridized carbons (Fsp3) is 0.556. The Morgan fingerprint density at radius 3 is 3.21 bits per heavy atom. The topological polar surface area (TPSA) is 75.4 Å². The van der Waals surface area contributed by atoms with Crippen molar-refractivity contribution in [3.05, 3.63) is 17.8 Å². The van der Waals surface area contributed by atoms with Crippen LogP contribution in [-0.4, -0.2) is 29.1 Å². The molecule has 1 aliphatic rings. The number of nitrogens with one attached hydrogen (secondary N) is 1. The molecule has 5 heteroatoms. The average molecular weight is 196 g/mol. The lowest BCUT2D eigenvalue weighted by Crippen LogP contribution is -2.11. The zero-order valence-electron chi connectivity index (χ0n) is 7.69. The Labute approximate surface area is 81.1 Å². The molecule has 1 fully saturated rings. The van der Waals surface area contributed by atoms with Gasteiger partial charge in [0.05, 0.1) is 0 Å². The van der Waals surface area contributed by atoms with E-state index < -0.39 is 5.97 Å². The van der Waals surface area contributed by atoms with Gasteiger partial charge in [0.25, 0.3) is 0 Å². The Morgan fingerprint density at radius 2 is 2.64 bits per heavy atom. The monoisotopic (exact) mass is 196 g/mol. The van der Waals surface area contributed by atoms with Crippen LogP contribution in [0, 0.1) is 5.92 Å². The molecule has 0 aromatic carbocycles. The fourth-order valence-corrected chi connectivity index (χ4v) is 1.64. The Morgan fingerprint density at radius 1 is 1.79 bits per heavy atom. The van der Waals surface area contributed by atoms with E-state index in [0.717, 1.165) is 25.9 Å². The van der Waals surface area contributed by atoms with Crippen LogP contribution >= 0.6 is 0 Å². The molecule has 5 nitrogen and oxygen atoms in total. The van der Waals surface area contributed by atoms with E-state index in [2.05, 4.69) is 10.3 Å². The number of aromatic nitrogens is 1. The number of carboxylic acid groups (broad SMARTS) is 1. The minimum atomic E-state index is -1.04. The number of aromatic carboxylic acids is 1. The number of nitrogens with zero attached hydrogens (tertiary/aromatic N) is 1. The van der Waals surface area contributed by atoms with E-state index in [1.54, 1.807) is 0 Å². The maximum Gasteiger partial charge on any atom is 0.357 e. The predicted molar refractivity (Wildman–Crippen MR) is 48.1 cm³/mol. The van der Waals surface area contributed by atoms with Gasteiger partial charge in [0.1, 0.15) is 6.26 Å². The molecule has 76 valence electrons. The van der Waals surface area contributed by atoms with E-state index in [0.29, 0.717) is 11.8 Å². The number of rotatable bonds is 3. The van der Waals surface area contributed by atoms with Crippen molar-refractivity contribution < 1.29 is 14.3 Å². The number of oxazole rings is 1. The highest BCUT2D eigenvalue weighted by molar-refractivity contribution is 5.84. The van der Waals surface area contributed by atoms with Gasteiger partial charge < -0.3 is 14.8 Å². The smallest absolute Gasteiger partial charge is 0.357 e. The van der Waals surface area contributed by atoms with Crippen molar-refractivity contribution in [3.63, 3.8) is 0 Å². The molecule has 2 N–H and O–H groups in total. The number of hydrogen-bond acceptors (Lipinski definition) is 4. The van der Waals surface area contributed by atoms with Gasteiger partial charge in [0.15, 0.2) is 11.6 Å². The molecule has 1 aromatic heterocycles. The van der Waals surface area contributed by atoms with Crippen LogP contribution in [0.4, 0.5) is 0 Å². The van der Waals surface area contributed by atoms with Crippen LogP contribution in [0.15, 0.2) is 10.7 Å². The molecule has 0 saturated carbocycles. The Bertz CT molecular complexity index is 329. The van der Waals surface area contributed by atoms with Gasteiger partial charge in [-0.05, 0) is 25.4 Å². The van der Waals surface area contributed by atoms with Crippen molar-refractivity contribution in [2.45, 2.75) is 12.8 Å². The van der Waals surface area contributed by atoms with E-state index in [1.807, 2.05) is 0 Å². The van der Waals surface area contributed by atoms with Crippen LogP contribution in [0.25, 0.3) is 0 Å². The molecule has 14 heavy (non-hydrogen) atoms. The lowest BCUT2D eigenvalue weighted by Gasteiger charge is -2.02. The Balaban J connectivity index is 1.98. The largest absolute Gasteiger partial charge is 0.476 e. The first-order valence-electron chi connectivity index (χ1n) is 4.64. The first-order chi connectivity index (χ1) is 6.75. The zero-order chi connectivity index (χ0) is 9.97. The van der Waals surface area contributed by atoms with Crippen LogP contribution in [0.5, 0.6) is 0 Å². The zero-order valence-corrected chi connectivity index (χ0v) is 7.69. The summed E-state index contributed by atoms with van der Waals surface area (Å²) in [5, 5.41) is 11.9. The standard InChI is InChI=1S/C9H12N2O3/c12-9(13)7-5-14-8(11-7)3-6-1-2-10-4-6/h5-6,10H,1-4H2,(H,12,13). The third kappa shape index (κ3) is 1.93. The molecule has 0 aliphatic carbocycles. The number of carbonyl (C=O) groups is 1. The molecule has 0 spiro atoms. The van der Waals surface area contributed by atoms with Crippen molar-refractivity contribution in [1.29, 1.82) is 0 Å². The minimum absolute atomic E-state index is 0.00837. The van der Waals surface area contributed by atoms with Crippen LogP contribution < -0.4 is 5.32 Å². The number of hydrogen-bond donors (Lipinski definition) is 2. The Hall–Kier alpha value is -1.36. The lowest BCUT2D eigenvalue weighted by atomic mass is 10.1. The third-order valence-corrected chi connectivity index (χ3v) is 2.40. The van der Waals surface area contributed by atoms with Crippen molar-refractivity contribution in [2.24, 2.45) is 5.92 Å². The van der Waals surface area contributed by atoms with Gasteiger partial charge in [-0.15, -0.1) is 0 Å². The SMILES string of the molecule is O=C(O)c1coc(CC2CCNC2)n1. The average Bonchev–Trinajstić information content (AvgIpc) is 2.75. The summed E-state index contributed by atoms with van der Waals surface area (Å²) < 4.78 is 5.07. The summed E-state index contributed by atoms with van der Waals surface area (Å²) in [6.07, 6.45) is 3.02. The molecular formula is C9H12N2O3. The molecule has 1 unspecified atom stereocenters. The summed E-state index contributed by atoms with van der Waals surface area (Å²) in [6.45, 7) is 1.99. The lowest BCUT2D eigenvalue weighted by molar-refractivity contribution is 0.0690. The molecule has 1 aliphatic heterocycles. The highest BCUT2D eigenvalue weighted by Gasteiger charge is 2.18. The van der Waals surface area contributed by atoms with Gasteiger partial charge in [0, 0.05) is 6.42 Å². The normalized spacial score (nSPS) is 21.3. The van der Waals surface area contributed by atoms with E-state index in [1.165, 1.54) is 6.26 Å². The fourth-order valence-electron chi connectivity index (χ4n) is 1.64. The summed E-state index contributed by atoms with van der Waals surface area (Å²) in [5.41, 5.74) is -0.00837. The molecule has 1 saturated heterocycles. The summed E-state index contributed by atoms with van der Waals surface area (Å²) >= 11 is 0. The van der Waals surface area contributed by atoms with Crippen LogP contribution in [0.1, 0.15) is 22.8 Å². The molecule has 0 radical (unpaired) electrons. The summed E-state index contributed by atoms with van der Waals surface area (Å²) in [6, 6.07) is 0. The molecular weight excluding hydrogens is 184 g/mol. The maximum absolute atomic E-state index is 10.5. The molecule has 0 bridgehead atoms. The first kappa shape index (κ1) is 9.21. The van der Waals surface area contributed by atoms with Crippen molar-refractivity contribution in [3.8, 4) is 0 Å². The summed E-state index contributed by atoms with van der Waals surface area (Å²) in [4.78, 5) is 14.4. The van der Waals surface area contributed by atoms with E-state index >= 15 is 0 Å². The first-order valence-corrected chi connectivity index (χ1v) is 4.64. The highest BCUT2D eigenvalue weighted by atomic mass is 16.4. The van der Waals surface area contributed by atoms with E-state index in [4.69, 9.17) is 9.52 Å². The van der Waals surface area contributed by atoms with Gasteiger partial charge in [-0.1, -0.05) is 0 Å². The van der Waals surface area contributed by atoms with E-state index in [9.17, 15) is 4.79 Å². The number of carboxylic acids is 1. The molecule has 1 aromatic rings. The second kappa shape index (κ2) is 3.79. The van der Waals surface area contributed by atoms with Gasteiger partial charge in [-0.3, -0.25) is 0 Å². The Kier molecular flexibility index (Phi) is 2.49. The summed E-state index contributed by atoms with van der Waals surface area (Å²) in [7, 11) is 0. The quantitative estimate of drug-likeness (QED) is 0.737. The maximum atomic E-state index is 10.5. The van der Waals surface area contributed by atoms with Crippen molar-refractivity contribution >= 4 is 5.97 Å². The van der Waals surface area contributed by atoms with Gasteiger partial charge in [0.2, 0.25) is 0 Å². The van der Waals surface area contributed by atoms with Gasteiger partial charge >= 0.3 is 5.97 Å². The van der Waals surface area contributed by atoms with Gasteiger partial charge in [-0.2, -0.15) is 0 Å². The molecule has 0 amide bonds. The van der Waals surface area contributed by atoms with Crippen LogP contribution in [0.2, 0.25) is 0 Å². The van der Waals surface area contributed by atoms with Crippen LogP contribution in [0.3, 0.4) is 0 Å². The predicted octanol–water partition coefficient (Wildman–Crippen LogP) is 0.525. The van der Waals surface area contributed by atoms with Crippen LogP contribution in [-0.2, 0) is 6.42 Å². The van der Waals surface area contributed by atoms with E-state index in [-0.39, 0.29) is 5.69 Å². The second-order valence-corrected chi connectivity index (χ2v) is 3.49.